The van der Waals surface area contributed by atoms with E-state index in [0.717, 1.165) is 6.07 Å². The van der Waals surface area contributed by atoms with Gasteiger partial charge in [-0.1, -0.05) is 29.8 Å². The Morgan fingerprint density at radius 2 is 1.72 bits per heavy atom. The number of hydrogen-bond donors (Lipinski definition) is 3. The molecule has 39 heavy (non-hydrogen) atoms. The Morgan fingerprint density at radius 3 is 2.38 bits per heavy atom. The summed E-state index contributed by atoms with van der Waals surface area (Å²) in [7, 11) is -3.70. The summed E-state index contributed by atoms with van der Waals surface area (Å²) in [6, 6.07) is 16.7. The zero-order chi connectivity index (χ0) is 28.2. The van der Waals surface area contributed by atoms with Crippen LogP contribution in [0.3, 0.4) is 0 Å². The standard InChI is InChI=1S/C27H23ClFN5O4S/c1-16(2)39(37,38)23-9-4-3-8-22(23)32-25-19(26(36)33-24-20(28)6-5-7-21(24)29)14-30-27(34-25)31-18-12-10-17(15-35)11-13-18/h3-16H,1-2H3,(H,33,36)(H2,30,31,32,34). The lowest BCUT2D eigenvalue weighted by molar-refractivity contribution is 0.102. The Hall–Kier alpha value is -4.35. The van der Waals surface area contributed by atoms with Gasteiger partial charge < -0.3 is 16.0 Å². The van der Waals surface area contributed by atoms with Gasteiger partial charge in [-0.15, -0.1) is 0 Å². The van der Waals surface area contributed by atoms with Crippen LogP contribution in [-0.4, -0.2) is 35.8 Å². The second-order valence-corrected chi connectivity index (χ2v) is 11.5. The van der Waals surface area contributed by atoms with Crippen molar-refractivity contribution in [2.45, 2.75) is 24.0 Å². The second-order valence-electron chi connectivity index (χ2n) is 8.59. The van der Waals surface area contributed by atoms with E-state index >= 15 is 0 Å². The fraction of sp³-hybridized carbons (Fsp3) is 0.111. The lowest BCUT2D eigenvalue weighted by atomic mass is 10.2. The Bertz CT molecular complexity index is 1630. The zero-order valence-corrected chi connectivity index (χ0v) is 22.3. The summed E-state index contributed by atoms with van der Waals surface area (Å²) in [5.74, 6) is -1.50. The van der Waals surface area contributed by atoms with Gasteiger partial charge in [0.15, 0.2) is 9.84 Å². The van der Waals surface area contributed by atoms with Crippen molar-refractivity contribution < 1.29 is 22.4 Å². The molecule has 0 bridgehead atoms. The molecule has 200 valence electrons. The molecule has 0 aliphatic carbocycles. The number of aromatic nitrogens is 2. The van der Waals surface area contributed by atoms with Gasteiger partial charge >= 0.3 is 0 Å². The first-order valence-electron chi connectivity index (χ1n) is 11.6. The van der Waals surface area contributed by atoms with Crippen molar-refractivity contribution in [2.75, 3.05) is 16.0 Å². The number of para-hydroxylation sites is 2. The van der Waals surface area contributed by atoms with Crippen LogP contribution in [0.25, 0.3) is 0 Å². The monoisotopic (exact) mass is 567 g/mol. The number of aldehydes is 1. The summed E-state index contributed by atoms with van der Waals surface area (Å²) in [5.41, 5.74) is 0.891. The first kappa shape index (κ1) is 27.7. The SMILES string of the molecule is CC(C)S(=O)(=O)c1ccccc1Nc1nc(Nc2ccc(C=O)cc2)ncc1C(=O)Nc1c(F)cccc1Cl. The number of hydrogen-bond acceptors (Lipinski definition) is 8. The zero-order valence-electron chi connectivity index (χ0n) is 20.8. The van der Waals surface area contributed by atoms with Crippen molar-refractivity contribution in [3.63, 3.8) is 0 Å². The Labute approximate surface area is 229 Å². The molecule has 0 fully saturated rings. The van der Waals surface area contributed by atoms with E-state index in [1.807, 2.05) is 0 Å². The van der Waals surface area contributed by atoms with Gasteiger partial charge in [0, 0.05) is 17.4 Å². The topological polar surface area (TPSA) is 130 Å². The van der Waals surface area contributed by atoms with Crippen molar-refractivity contribution in [1.82, 2.24) is 9.97 Å². The third-order valence-electron chi connectivity index (χ3n) is 5.60. The molecule has 0 unspecified atom stereocenters. The van der Waals surface area contributed by atoms with Crippen LogP contribution in [0.15, 0.2) is 77.8 Å². The third kappa shape index (κ3) is 6.21. The molecule has 1 amide bonds. The van der Waals surface area contributed by atoms with E-state index in [2.05, 4.69) is 25.9 Å². The number of benzene rings is 3. The highest BCUT2D eigenvalue weighted by atomic mass is 35.5. The minimum atomic E-state index is -3.70. The molecular weight excluding hydrogens is 545 g/mol. The summed E-state index contributed by atoms with van der Waals surface area (Å²) in [5, 5.41) is 7.62. The molecule has 0 saturated carbocycles. The van der Waals surface area contributed by atoms with Gasteiger partial charge in [-0.3, -0.25) is 9.59 Å². The number of carbonyl (C=O) groups is 2. The maximum Gasteiger partial charge on any atom is 0.261 e. The van der Waals surface area contributed by atoms with Crippen LogP contribution in [0.1, 0.15) is 34.6 Å². The van der Waals surface area contributed by atoms with Crippen LogP contribution < -0.4 is 16.0 Å². The molecule has 12 heteroatoms. The summed E-state index contributed by atoms with van der Waals surface area (Å²) >= 11 is 6.07. The molecule has 4 rings (SSSR count). The van der Waals surface area contributed by atoms with Crippen LogP contribution >= 0.6 is 11.6 Å². The highest BCUT2D eigenvalue weighted by Gasteiger charge is 2.24. The van der Waals surface area contributed by atoms with Gasteiger partial charge in [-0.05, 0) is 62.4 Å². The fourth-order valence-electron chi connectivity index (χ4n) is 3.48. The Balaban J connectivity index is 1.76. The minimum Gasteiger partial charge on any atom is -0.338 e. The molecule has 0 aliphatic heterocycles. The Morgan fingerprint density at radius 1 is 1.00 bits per heavy atom. The molecule has 3 aromatic carbocycles. The molecule has 0 saturated heterocycles. The minimum absolute atomic E-state index is 0.00999. The lowest BCUT2D eigenvalue weighted by Crippen LogP contribution is -2.18. The van der Waals surface area contributed by atoms with Crippen LogP contribution in [-0.2, 0) is 9.84 Å². The highest BCUT2D eigenvalue weighted by molar-refractivity contribution is 7.92. The molecule has 3 N–H and O–H groups in total. The van der Waals surface area contributed by atoms with Gasteiger partial charge in [0.05, 0.1) is 26.5 Å². The van der Waals surface area contributed by atoms with E-state index in [1.165, 1.54) is 30.5 Å². The van der Waals surface area contributed by atoms with Gasteiger partial charge in [0.2, 0.25) is 5.95 Å². The predicted octanol–water partition coefficient (Wildman–Crippen LogP) is 6.00. The van der Waals surface area contributed by atoms with E-state index in [1.54, 1.807) is 50.2 Å². The van der Waals surface area contributed by atoms with Crippen LogP contribution in [0.5, 0.6) is 0 Å². The van der Waals surface area contributed by atoms with Crippen LogP contribution in [0.2, 0.25) is 5.02 Å². The van der Waals surface area contributed by atoms with Crippen LogP contribution in [0, 0.1) is 5.82 Å². The number of carbonyl (C=O) groups excluding carboxylic acids is 2. The number of rotatable bonds is 9. The quantitative estimate of drug-likeness (QED) is 0.210. The van der Waals surface area contributed by atoms with Gasteiger partial charge in [0.1, 0.15) is 23.5 Å². The molecule has 1 heterocycles. The Kier molecular flexibility index (Phi) is 8.22. The molecular formula is C27H23ClFN5O4S. The fourth-order valence-corrected chi connectivity index (χ4v) is 4.89. The number of anilines is 5. The number of nitrogens with zero attached hydrogens (tertiary/aromatic N) is 2. The van der Waals surface area contributed by atoms with Crippen molar-refractivity contribution in [1.29, 1.82) is 0 Å². The molecule has 0 radical (unpaired) electrons. The van der Waals surface area contributed by atoms with Gasteiger partial charge in [-0.25, -0.2) is 17.8 Å². The molecule has 0 spiro atoms. The average Bonchev–Trinajstić information content (AvgIpc) is 2.91. The number of nitrogens with one attached hydrogen (secondary N) is 3. The average molecular weight is 568 g/mol. The first-order valence-corrected chi connectivity index (χ1v) is 13.6. The summed E-state index contributed by atoms with van der Waals surface area (Å²) in [6.45, 7) is 3.12. The van der Waals surface area contributed by atoms with Crippen LogP contribution in [0.4, 0.5) is 33.2 Å². The largest absolute Gasteiger partial charge is 0.338 e. The normalized spacial score (nSPS) is 11.2. The number of amides is 1. The molecule has 0 aliphatic rings. The second kappa shape index (κ2) is 11.6. The highest BCUT2D eigenvalue weighted by Crippen LogP contribution is 2.30. The van der Waals surface area contributed by atoms with Gasteiger partial charge in [0.25, 0.3) is 5.91 Å². The number of sulfone groups is 1. The van der Waals surface area contributed by atoms with Crippen molar-refractivity contribution in [2.24, 2.45) is 0 Å². The van der Waals surface area contributed by atoms with Crippen molar-refractivity contribution in [3.8, 4) is 0 Å². The maximum atomic E-state index is 14.3. The summed E-state index contributed by atoms with van der Waals surface area (Å²) < 4.78 is 40.3. The molecule has 9 nitrogen and oxygen atoms in total. The van der Waals surface area contributed by atoms with E-state index in [9.17, 15) is 22.4 Å². The summed E-state index contributed by atoms with van der Waals surface area (Å²) in [4.78, 5) is 32.8. The van der Waals surface area contributed by atoms with Gasteiger partial charge in [-0.2, -0.15) is 4.98 Å². The predicted molar refractivity (Wildman–Crippen MR) is 149 cm³/mol. The van der Waals surface area contributed by atoms with Crippen molar-refractivity contribution in [3.05, 3.63) is 94.9 Å². The van der Waals surface area contributed by atoms with E-state index in [0.29, 0.717) is 17.5 Å². The lowest BCUT2D eigenvalue weighted by Gasteiger charge is -2.17. The first-order chi connectivity index (χ1) is 18.6. The van der Waals surface area contributed by atoms with E-state index in [4.69, 9.17) is 11.6 Å². The van der Waals surface area contributed by atoms with E-state index in [-0.39, 0.29) is 38.6 Å². The van der Waals surface area contributed by atoms with E-state index < -0.39 is 26.8 Å². The maximum absolute atomic E-state index is 14.3. The third-order valence-corrected chi connectivity index (χ3v) is 8.13. The molecule has 4 aromatic rings. The molecule has 0 atom stereocenters. The number of halogens is 2. The smallest absolute Gasteiger partial charge is 0.261 e. The molecule has 1 aromatic heterocycles. The summed E-state index contributed by atoms with van der Waals surface area (Å²) in [6.07, 6.45) is 1.92. The van der Waals surface area contributed by atoms with Crippen molar-refractivity contribution >= 4 is 62.5 Å².